The van der Waals surface area contributed by atoms with Crippen LogP contribution in [0.1, 0.15) is 34.9 Å². The van der Waals surface area contributed by atoms with E-state index in [-0.39, 0.29) is 29.7 Å². The van der Waals surface area contributed by atoms with E-state index >= 15 is 0 Å². The topological polar surface area (TPSA) is 88.0 Å². The highest BCUT2D eigenvalue weighted by Gasteiger charge is 2.36. The molecule has 0 unspecified atom stereocenters. The van der Waals surface area contributed by atoms with Crippen LogP contribution < -0.4 is 5.32 Å². The second-order valence-corrected chi connectivity index (χ2v) is 6.39. The van der Waals surface area contributed by atoms with Crippen LogP contribution in [0.25, 0.3) is 10.9 Å². The molecular formula is C19H18N4O2. The number of hydrogen-bond donors (Lipinski definition) is 2. The Morgan fingerprint density at radius 2 is 2.00 bits per heavy atom. The number of para-hydroxylation sites is 1. The molecule has 6 heteroatoms. The molecule has 126 valence electrons. The van der Waals surface area contributed by atoms with Gasteiger partial charge in [0.25, 0.3) is 5.91 Å². The standard InChI is InChI=1S/C19H18N4O2/c24-15-8-13(9-15)18(23-19(25)17-11-20-5-6-21-17)14-7-12-3-1-2-4-16(12)22-10-14/h1-7,10-11,13,15,18,24H,8-9H2,(H,23,25)/t13?,15?,18-/m1/s1. The SMILES string of the molecule is O=C(N[C@@H](c1cnc2ccccc2c1)C1CC(O)C1)c1cnccn1. The second-order valence-electron chi connectivity index (χ2n) is 6.39. The van der Waals surface area contributed by atoms with E-state index in [0.717, 1.165) is 16.5 Å². The highest BCUT2D eigenvalue weighted by Crippen LogP contribution is 2.38. The summed E-state index contributed by atoms with van der Waals surface area (Å²) in [6, 6.07) is 9.71. The molecule has 2 aromatic heterocycles. The number of hydrogen-bond acceptors (Lipinski definition) is 5. The summed E-state index contributed by atoms with van der Waals surface area (Å²) >= 11 is 0. The van der Waals surface area contributed by atoms with E-state index in [2.05, 4.69) is 26.3 Å². The summed E-state index contributed by atoms with van der Waals surface area (Å²) < 4.78 is 0. The molecule has 0 saturated heterocycles. The van der Waals surface area contributed by atoms with Crippen molar-refractivity contribution in [3.8, 4) is 0 Å². The zero-order valence-corrected chi connectivity index (χ0v) is 13.5. The monoisotopic (exact) mass is 334 g/mol. The van der Waals surface area contributed by atoms with E-state index in [1.807, 2.05) is 24.3 Å². The number of aromatic nitrogens is 3. The van der Waals surface area contributed by atoms with Gasteiger partial charge in [-0.1, -0.05) is 18.2 Å². The fraction of sp³-hybridized carbons (Fsp3) is 0.263. The van der Waals surface area contributed by atoms with Crippen molar-refractivity contribution in [1.29, 1.82) is 0 Å². The van der Waals surface area contributed by atoms with Gasteiger partial charge >= 0.3 is 0 Å². The molecule has 1 aliphatic carbocycles. The number of fused-ring (bicyclic) bond motifs is 1. The fourth-order valence-electron chi connectivity index (χ4n) is 3.27. The number of benzene rings is 1. The predicted octanol–water partition coefficient (Wildman–Crippen LogP) is 2.27. The molecule has 0 spiro atoms. The summed E-state index contributed by atoms with van der Waals surface area (Å²) in [6.07, 6.45) is 7.30. The van der Waals surface area contributed by atoms with Gasteiger partial charge in [-0.05, 0) is 36.5 Å². The quantitative estimate of drug-likeness (QED) is 0.764. The Hall–Kier alpha value is -2.86. The van der Waals surface area contributed by atoms with Crippen LogP contribution in [-0.2, 0) is 0 Å². The van der Waals surface area contributed by atoms with Crippen LogP contribution in [-0.4, -0.2) is 32.1 Å². The lowest BCUT2D eigenvalue weighted by Crippen LogP contribution is -2.41. The van der Waals surface area contributed by atoms with Crippen LogP contribution >= 0.6 is 0 Å². The first-order chi connectivity index (χ1) is 12.2. The molecule has 0 bridgehead atoms. The van der Waals surface area contributed by atoms with E-state index in [0.29, 0.717) is 12.8 Å². The van der Waals surface area contributed by atoms with Crippen molar-refractivity contribution < 1.29 is 9.90 Å². The van der Waals surface area contributed by atoms with Crippen molar-refractivity contribution in [3.63, 3.8) is 0 Å². The Bertz CT molecular complexity index is 894. The number of nitrogens with zero attached hydrogens (tertiary/aromatic N) is 3. The number of pyridine rings is 1. The van der Waals surface area contributed by atoms with Crippen LogP contribution in [0.5, 0.6) is 0 Å². The van der Waals surface area contributed by atoms with Gasteiger partial charge in [-0.25, -0.2) is 4.98 Å². The first kappa shape index (κ1) is 15.7. The molecule has 3 aromatic rings. The molecule has 1 amide bonds. The van der Waals surface area contributed by atoms with Crippen molar-refractivity contribution in [1.82, 2.24) is 20.3 Å². The maximum atomic E-state index is 12.5. The van der Waals surface area contributed by atoms with Gasteiger partial charge in [-0.3, -0.25) is 14.8 Å². The minimum atomic E-state index is -0.297. The van der Waals surface area contributed by atoms with Gasteiger partial charge in [0.15, 0.2) is 0 Å². The van der Waals surface area contributed by atoms with Gasteiger partial charge in [0.1, 0.15) is 5.69 Å². The minimum absolute atomic E-state index is 0.179. The molecule has 6 nitrogen and oxygen atoms in total. The molecule has 2 heterocycles. The van der Waals surface area contributed by atoms with E-state index in [1.54, 1.807) is 6.20 Å². The molecule has 1 fully saturated rings. The number of nitrogens with one attached hydrogen (secondary N) is 1. The number of aliphatic hydroxyl groups excluding tert-OH is 1. The van der Waals surface area contributed by atoms with Gasteiger partial charge in [-0.2, -0.15) is 0 Å². The van der Waals surface area contributed by atoms with E-state index < -0.39 is 0 Å². The number of carbonyl (C=O) groups is 1. The normalized spacial score (nSPS) is 20.7. The molecule has 1 atom stereocenters. The summed E-state index contributed by atoms with van der Waals surface area (Å²) in [5.41, 5.74) is 2.13. The molecular weight excluding hydrogens is 316 g/mol. The lowest BCUT2D eigenvalue weighted by Gasteiger charge is -2.38. The lowest BCUT2D eigenvalue weighted by atomic mass is 9.75. The zero-order valence-electron chi connectivity index (χ0n) is 13.5. The number of rotatable bonds is 4. The largest absolute Gasteiger partial charge is 0.393 e. The van der Waals surface area contributed by atoms with Crippen LogP contribution in [0.2, 0.25) is 0 Å². The lowest BCUT2D eigenvalue weighted by molar-refractivity contribution is 0.0234. The zero-order chi connectivity index (χ0) is 17.2. The first-order valence-electron chi connectivity index (χ1n) is 8.30. The molecule has 0 radical (unpaired) electrons. The van der Waals surface area contributed by atoms with Crippen molar-refractivity contribution in [2.45, 2.75) is 25.0 Å². The molecule has 2 N–H and O–H groups in total. The maximum absolute atomic E-state index is 12.5. The van der Waals surface area contributed by atoms with Crippen molar-refractivity contribution in [3.05, 3.63) is 66.4 Å². The summed E-state index contributed by atoms with van der Waals surface area (Å²) in [5.74, 6) is -0.0915. The van der Waals surface area contributed by atoms with Gasteiger partial charge in [0.2, 0.25) is 0 Å². The Labute approximate surface area is 145 Å². The summed E-state index contributed by atoms with van der Waals surface area (Å²) in [6.45, 7) is 0. The summed E-state index contributed by atoms with van der Waals surface area (Å²) in [5, 5.41) is 13.8. The predicted molar refractivity (Wildman–Crippen MR) is 92.7 cm³/mol. The van der Waals surface area contributed by atoms with E-state index in [9.17, 15) is 9.90 Å². The molecule has 0 aliphatic heterocycles. The van der Waals surface area contributed by atoms with Crippen molar-refractivity contribution >= 4 is 16.8 Å². The third-order valence-electron chi connectivity index (χ3n) is 4.67. The van der Waals surface area contributed by atoms with Crippen LogP contribution in [0.3, 0.4) is 0 Å². The smallest absolute Gasteiger partial charge is 0.271 e. The number of amides is 1. The van der Waals surface area contributed by atoms with Gasteiger partial charge < -0.3 is 10.4 Å². The highest BCUT2D eigenvalue weighted by atomic mass is 16.3. The average Bonchev–Trinajstić information content (AvgIpc) is 2.64. The average molecular weight is 334 g/mol. The molecule has 1 aromatic carbocycles. The number of aliphatic hydroxyl groups is 1. The Morgan fingerprint density at radius 1 is 1.16 bits per heavy atom. The van der Waals surface area contributed by atoms with Gasteiger partial charge in [0.05, 0.1) is 23.9 Å². The molecule has 1 aliphatic rings. The first-order valence-corrected chi connectivity index (χ1v) is 8.30. The van der Waals surface area contributed by atoms with E-state index in [4.69, 9.17) is 0 Å². The molecule has 1 saturated carbocycles. The second kappa shape index (κ2) is 6.57. The van der Waals surface area contributed by atoms with Gasteiger partial charge in [0, 0.05) is 24.0 Å². The number of carbonyl (C=O) groups excluding carboxylic acids is 1. The fourth-order valence-corrected chi connectivity index (χ4v) is 3.27. The third kappa shape index (κ3) is 3.21. The molecule has 4 rings (SSSR count). The van der Waals surface area contributed by atoms with Crippen molar-refractivity contribution in [2.75, 3.05) is 0 Å². The van der Waals surface area contributed by atoms with Gasteiger partial charge in [-0.15, -0.1) is 0 Å². The van der Waals surface area contributed by atoms with Crippen LogP contribution in [0.15, 0.2) is 55.1 Å². The van der Waals surface area contributed by atoms with Crippen LogP contribution in [0, 0.1) is 5.92 Å². The molecule has 25 heavy (non-hydrogen) atoms. The Kier molecular flexibility index (Phi) is 4.11. The van der Waals surface area contributed by atoms with Crippen LogP contribution in [0.4, 0.5) is 0 Å². The summed E-state index contributed by atoms with van der Waals surface area (Å²) in [7, 11) is 0. The Balaban J connectivity index is 1.64. The third-order valence-corrected chi connectivity index (χ3v) is 4.67. The summed E-state index contributed by atoms with van der Waals surface area (Å²) in [4.78, 5) is 25.0. The van der Waals surface area contributed by atoms with Crippen molar-refractivity contribution in [2.24, 2.45) is 5.92 Å². The maximum Gasteiger partial charge on any atom is 0.271 e. The minimum Gasteiger partial charge on any atom is -0.393 e. The van der Waals surface area contributed by atoms with E-state index in [1.165, 1.54) is 18.6 Å². The highest BCUT2D eigenvalue weighted by molar-refractivity contribution is 5.92. The Morgan fingerprint density at radius 3 is 2.76 bits per heavy atom.